The Bertz CT molecular complexity index is 652. The minimum atomic E-state index is -0.869. The van der Waals surface area contributed by atoms with E-state index in [1.807, 2.05) is 30.0 Å². The Hall–Kier alpha value is -2.04. The number of ether oxygens (including phenoxy) is 1. The van der Waals surface area contributed by atoms with Crippen LogP contribution >= 0.6 is 0 Å². The van der Waals surface area contributed by atoms with Crippen LogP contribution in [0.5, 0.6) is 5.75 Å². The molecule has 130 valence electrons. The summed E-state index contributed by atoms with van der Waals surface area (Å²) < 4.78 is 5.32. The van der Waals surface area contributed by atoms with Crippen LogP contribution in [0, 0.1) is 18.3 Å². The van der Waals surface area contributed by atoms with Gasteiger partial charge in [0.1, 0.15) is 11.2 Å². The molecule has 1 atom stereocenters. The molecule has 1 aromatic rings. The summed E-state index contributed by atoms with van der Waals surface area (Å²) >= 11 is 0. The Kier molecular flexibility index (Phi) is 4.52. The van der Waals surface area contributed by atoms with Gasteiger partial charge < -0.3 is 15.0 Å². The predicted octanol–water partition coefficient (Wildman–Crippen LogP) is 2.98. The van der Waals surface area contributed by atoms with Crippen molar-refractivity contribution in [1.82, 2.24) is 4.90 Å². The Labute approximate surface area is 143 Å². The van der Waals surface area contributed by atoms with E-state index in [1.54, 1.807) is 7.11 Å². The van der Waals surface area contributed by atoms with E-state index in [0.29, 0.717) is 30.2 Å². The maximum absolute atomic E-state index is 12.9. The Morgan fingerprint density at radius 2 is 2.08 bits per heavy atom. The average Bonchev–Trinajstić information content (AvgIpc) is 3.36. The third kappa shape index (κ3) is 3.12. The van der Waals surface area contributed by atoms with Gasteiger partial charge in [0.05, 0.1) is 12.8 Å². The highest BCUT2D eigenvalue weighted by molar-refractivity contribution is 6.13. The molecule has 1 unspecified atom stereocenters. The molecule has 1 N–H and O–H groups in total. The lowest BCUT2D eigenvalue weighted by Gasteiger charge is -2.33. The van der Waals surface area contributed by atoms with Gasteiger partial charge in [0.15, 0.2) is 0 Å². The number of nitrogens with zero attached hydrogens (tertiary/aromatic N) is 1. The van der Waals surface area contributed by atoms with Crippen LogP contribution in [0.25, 0.3) is 0 Å². The van der Waals surface area contributed by atoms with Crippen molar-refractivity contribution in [2.45, 2.75) is 39.5 Å². The summed E-state index contributed by atoms with van der Waals surface area (Å²) in [6.07, 6.45) is 3.45. The van der Waals surface area contributed by atoms with Crippen LogP contribution < -0.4 is 10.1 Å². The highest BCUT2D eigenvalue weighted by atomic mass is 16.5. The summed E-state index contributed by atoms with van der Waals surface area (Å²) in [4.78, 5) is 27.6. The van der Waals surface area contributed by atoms with Gasteiger partial charge in [0.25, 0.3) is 0 Å². The first kappa shape index (κ1) is 16.8. The molecular formula is C19H26N2O3. The van der Waals surface area contributed by atoms with Gasteiger partial charge in [-0.15, -0.1) is 0 Å². The Morgan fingerprint density at radius 3 is 2.71 bits per heavy atom. The predicted molar refractivity (Wildman–Crippen MR) is 93.0 cm³/mol. The zero-order valence-electron chi connectivity index (χ0n) is 14.7. The third-order valence-electron chi connectivity index (χ3n) is 5.14. The number of hydrogen-bond acceptors (Lipinski definition) is 3. The number of likely N-dealkylation sites (tertiary alicyclic amines) is 1. The molecule has 1 aliphatic heterocycles. The van der Waals surface area contributed by atoms with Crippen LogP contribution in [0.4, 0.5) is 5.69 Å². The van der Waals surface area contributed by atoms with Gasteiger partial charge >= 0.3 is 0 Å². The van der Waals surface area contributed by atoms with Gasteiger partial charge in [-0.25, -0.2) is 0 Å². The molecule has 5 nitrogen and oxygen atoms in total. The van der Waals surface area contributed by atoms with Gasteiger partial charge in [-0.2, -0.15) is 0 Å². The number of nitrogens with one attached hydrogen (secondary N) is 1. The van der Waals surface area contributed by atoms with Gasteiger partial charge in [0, 0.05) is 13.1 Å². The first-order valence-corrected chi connectivity index (χ1v) is 8.72. The van der Waals surface area contributed by atoms with Crippen molar-refractivity contribution in [2.75, 3.05) is 25.5 Å². The molecular weight excluding hydrogens is 304 g/mol. The number of amides is 2. The minimum Gasteiger partial charge on any atom is -0.495 e. The van der Waals surface area contributed by atoms with Crippen molar-refractivity contribution in [2.24, 2.45) is 11.3 Å². The molecule has 0 aromatic heterocycles. The van der Waals surface area contributed by atoms with Crippen molar-refractivity contribution >= 4 is 17.5 Å². The molecule has 1 aromatic carbocycles. The smallest absolute Gasteiger partial charge is 0.240 e. The molecule has 2 amide bonds. The zero-order valence-corrected chi connectivity index (χ0v) is 14.7. The fourth-order valence-corrected chi connectivity index (χ4v) is 3.50. The van der Waals surface area contributed by atoms with Crippen LogP contribution in [-0.2, 0) is 9.59 Å². The fraction of sp³-hybridized carbons (Fsp3) is 0.579. The minimum absolute atomic E-state index is 0.00169. The molecule has 1 aliphatic carbocycles. The molecule has 2 fully saturated rings. The van der Waals surface area contributed by atoms with Crippen LogP contribution in [0.1, 0.15) is 38.2 Å². The van der Waals surface area contributed by atoms with Gasteiger partial charge in [-0.1, -0.05) is 13.0 Å². The molecule has 3 rings (SSSR count). The molecule has 5 heteroatoms. The van der Waals surface area contributed by atoms with E-state index in [4.69, 9.17) is 4.74 Å². The molecule has 0 bridgehead atoms. The molecule has 0 radical (unpaired) electrons. The second kappa shape index (κ2) is 6.46. The van der Waals surface area contributed by atoms with E-state index >= 15 is 0 Å². The number of methoxy groups -OCH3 is 1. The monoisotopic (exact) mass is 330 g/mol. The van der Waals surface area contributed by atoms with Crippen molar-refractivity contribution in [1.29, 1.82) is 0 Å². The van der Waals surface area contributed by atoms with Gasteiger partial charge in [0.2, 0.25) is 11.8 Å². The van der Waals surface area contributed by atoms with E-state index in [0.717, 1.165) is 31.5 Å². The number of piperidine rings is 1. The SMILES string of the molecule is COc1ccc(C)cc1NC(=O)C1(C(=O)N2CCCC(C)C2)CC1. The van der Waals surface area contributed by atoms with Crippen molar-refractivity contribution < 1.29 is 14.3 Å². The molecule has 0 spiro atoms. The number of anilines is 1. The lowest BCUT2D eigenvalue weighted by molar-refractivity contribution is -0.143. The second-order valence-electron chi connectivity index (χ2n) is 7.24. The van der Waals surface area contributed by atoms with E-state index in [2.05, 4.69) is 12.2 Å². The molecule has 1 saturated carbocycles. The summed E-state index contributed by atoms with van der Waals surface area (Å²) in [6.45, 7) is 5.66. The summed E-state index contributed by atoms with van der Waals surface area (Å²) in [5.74, 6) is 0.926. The largest absolute Gasteiger partial charge is 0.495 e. The van der Waals surface area contributed by atoms with E-state index in [-0.39, 0.29) is 11.8 Å². The lowest BCUT2D eigenvalue weighted by Crippen LogP contribution is -2.46. The molecule has 1 heterocycles. The number of aryl methyl sites for hydroxylation is 1. The highest BCUT2D eigenvalue weighted by Gasteiger charge is 2.58. The van der Waals surface area contributed by atoms with Crippen LogP contribution in [0.3, 0.4) is 0 Å². The maximum atomic E-state index is 12.9. The van der Waals surface area contributed by atoms with E-state index in [1.165, 1.54) is 0 Å². The Morgan fingerprint density at radius 1 is 1.33 bits per heavy atom. The quantitative estimate of drug-likeness (QED) is 0.864. The molecule has 1 saturated heterocycles. The highest BCUT2D eigenvalue weighted by Crippen LogP contribution is 2.49. The topological polar surface area (TPSA) is 58.6 Å². The lowest BCUT2D eigenvalue weighted by atomic mass is 9.96. The second-order valence-corrected chi connectivity index (χ2v) is 7.24. The maximum Gasteiger partial charge on any atom is 0.240 e. The number of benzene rings is 1. The fourth-order valence-electron chi connectivity index (χ4n) is 3.50. The summed E-state index contributed by atoms with van der Waals surface area (Å²) in [7, 11) is 1.58. The van der Waals surface area contributed by atoms with E-state index < -0.39 is 5.41 Å². The summed E-state index contributed by atoms with van der Waals surface area (Å²) in [6, 6.07) is 5.64. The first-order valence-electron chi connectivity index (χ1n) is 8.72. The van der Waals surface area contributed by atoms with Crippen molar-refractivity contribution in [3.63, 3.8) is 0 Å². The van der Waals surface area contributed by atoms with E-state index in [9.17, 15) is 9.59 Å². The number of carbonyl (C=O) groups excluding carboxylic acids is 2. The van der Waals surface area contributed by atoms with Gasteiger partial charge in [-0.3, -0.25) is 9.59 Å². The summed E-state index contributed by atoms with van der Waals surface area (Å²) in [5.41, 5.74) is 0.798. The first-order chi connectivity index (χ1) is 11.5. The van der Waals surface area contributed by atoms with Crippen LogP contribution in [-0.4, -0.2) is 36.9 Å². The molecule has 2 aliphatic rings. The van der Waals surface area contributed by atoms with Gasteiger partial charge in [-0.05, 0) is 56.2 Å². The Balaban J connectivity index is 1.75. The van der Waals surface area contributed by atoms with Crippen LogP contribution in [0.15, 0.2) is 18.2 Å². The third-order valence-corrected chi connectivity index (χ3v) is 5.14. The average molecular weight is 330 g/mol. The van der Waals surface area contributed by atoms with Crippen LogP contribution in [0.2, 0.25) is 0 Å². The standard InChI is InChI=1S/C19H26N2O3/c1-13-6-7-16(24-3)15(11-13)20-17(22)19(8-9-19)18(23)21-10-4-5-14(2)12-21/h6-7,11,14H,4-5,8-10,12H2,1-3H3,(H,20,22). The van der Waals surface area contributed by atoms with Crippen molar-refractivity contribution in [3.05, 3.63) is 23.8 Å². The molecule has 24 heavy (non-hydrogen) atoms. The number of rotatable bonds is 4. The van der Waals surface area contributed by atoms with Crippen molar-refractivity contribution in [3.8, 4) is 5.75 Å². The number of carbonyl (C=O) groups is 2. The zero-order chi connectivity index (χ0) is 17.3. The normalized spacial score (nSPS) is 22.0. The summed E-state index contributed by atoms with van der Waals surface area (Å²) in [5, 5.41) is 2.92. The number of hydrogen-bond donors (Lipinski definition) is 1.